The first-order valence-electron chi connectivity index (χ1n) is 6.71. The Bertz CT molecular complexity index is 594. The van der Waals surface area contributed by atoms with Crippen molar-refractivity contribution < 1.29 is 0 Å². The standard InChI is InChI=1S/C14H21ClN4S/c1-8(2)11(7-19(4)5)16-12-10-6-9(3)20-13(10)18-14(15)17-12/h6,8,11H,7H2,1-5H3,(H,16,17,18). The van der Waals surface area contributed by atoms with Crippen LogP contribution in [-0.2, 0) is 0 Å². The first-order valence-corrected chi connectivity index (χ1v) is 7.91. The minimum atomic E-state index is 0.300. The number of likely N-dealkylation sites (N-methyl/N-ethyl adjacent to an activating group) is 1. The van der Waals surface area contributed by atoms with Gasteiger partial charge in [-0.15, -0.1) is 11.3 Å². The quantitative estimate of drug-likeness (QED) is 0.856. The number of hydrogen-bond donors (Lipinski definition) is 1. The number of aryl methyl sites for hydroxylation is 1. The van der Waals surface area contributed by atoms with Crippen molar-refractivity contribution in [1.82, 2.24) is 14.9 Å². The molecule has 1 unspecified atom stereocenters. The van der Waals surface area contributed by atoms with E-state index in [4.69, 9.17) is 11.6 Å². The highest BCUT2D eigenvalue weighted by Crippen LogP contribution is 2.30. The summed E-state index contributed by atoms with van der Waals surface area (Å²) in [6.07, 6.45) is 0. The van der Waals surface area contributed by atoms with Gasteiger partial charge in [0, 0.05) is 17.5 Å². The van der Waals surface area contributed by atoms with Crippen molar-refractivity contribution in [3.8, 4) is 0 Å². The Morgan fingerprint density at radius 3 is 2.65 bits per heavy atom. The molecule has 2 heterocycles. The van der Waals surface area contributed by atoms with E-state index in [2.05, 4.69) is 61.1 Å². The zero-order chi connectivity index (χ0) is 14.9. The molecule has 0 saturated heterocycles. The Hall–Kier alpha value is -0.910. The van der Waals surface area contributed by atoms with E-state index in [9.17, 15) is 0 Å². The lowest BCUT2D eigenvalue weighted by atomic mass is 10.0. The lowest BCUT2D eigenvalue weighted by Crippen LogP contribution is -2.36. The molecule has 0 saturated carbocycles. The fourth-order valence-electron chi connectivity index (χ4n) is 2.12. The smallest absolute Gasteiger partial charge is 0.225 e. The van der Waals surface area contributed by atoms with E-state index in [1.165, 1.54) is 4.88 Å². The van der Waals surface area contributed by atoms with Gasteiger partial charge in [0.15, 0.2) is 0 Å². The van der Waals surface area contributed by atoms with Gasteiger partial charge < -0.3 is 10.2 Å². The number of nitrogens with zero attached hydrogens (tertiary/aromatic N) is 3. The van der Waals surface area contributed by atoms with Crippen LogP contribution < -0.4 is 5.32 Å². The maximum absolute atomic E-state index is 6.04. The molecule has 0 spiro atoms. The van der Waals surface area contributed by atoms with Crippen LogP contribution in [0.15, 0.2) is 6.07 Å². The third kappa shape index (κ3) is 3.59. The molecule has 1 atom stereocenters. The van der Waals surface area contributed by atoms with Crippen LogP contribution in [0.4, 0.5) is 5.82 Å². The van der Waals surface area contributed by atoms with E-state index in [1.807, 2.05) is 0 Å². The molecule has 0 bridgehead atoms. The third-order valence-corrected chi connectivity index (χ3v) is 4.29. The van der Waals surface area contributed by atoms with Gasteiger partial charge in [0.25, 0.3) is 0 Å². The van der Waals surface area contributed by atoms with E-state index in [-0.39, 0.29) is 0 Å². The fourth-order valence-corrected chi connectivity index (χ4v) is 3.22. The third-order valence-electron chi connectivity index (χ3n) is 3.18. The maximum atomic E-state index is 6.04. The van der Waals surface area contributed by atoms with Gasteiger partial charge in [-0.1, -0.05) is 13.8 Å². The predicted molar refractivity (Wildman–Crippen MR) is 88.0 cm³/mol. The molecule has 0 aliphatic rings. The molecular weight excluding hydrogens is 292 g/mol. The van der Waals surface area contributed by atoms with Crippen molar-refractivity contribution in [3.63, 3.8) is 0 Å². The van der Waals surface area contributed by atoms with Crippen LogP contribution in [0.2, 0.25) is 5.28 Å². The highest BCUT2D eigenvalue weighted by molar-refractivity contribution is 7.18. The van der Waals surface area contributed by atoms with Crippen molar-refractivity contribution >= 4 is 39.0 Å². The van der Waals surface area contributed by atoms with Crippen molar-refractivity contribution in [2.24, 2.45) is 5.92 Å². The molecule has 6 heteroatoms. The molecule has 0 aliphatic carbocycles. The summed E-state index contributed by atoms with van der Waals surface area (Å²) in [6.45, 7) is 7.44. The summed E-state index contributed by atoms with van der Waals surface area (Å²) in [4.78, 5) is 13.0. The fraction of sp³-hybridized carbons (Fsp3) is 0.571. The summed E-state index contributed by atoms with van der Waals surface area (Å²) < 4.78 is 0. The molecule has 110 valence electrons. The maximum Gasteiger partial charge on any atom is 0.225 e. The van der Waals surface area contributed by atoms with Crippen LogP contribution in [0.1, 0.15) is 18.7 Å². The molecule has 0 fully saturated rings. The lowest BCUT2D eigenvalue weighted by molar-refractivity contribution is 0.344. The summed E-state index contributed by atoms with van der Waals surface area (Å²) in [6, 6.07) is 2.44. The van der Waals surface area contributed by atoms with Crippen LogP contribution in [-0.4, -0.2) is 41.5 Å². The number of fused-ring (bicyclic) bond motifs is 1. The van der Waals surface area contributed by atoms with Gasteiger partial charge in [0.1, 0.15) is 10.6 Å². The van der Waals surface area contributed by atoms with Crippen LogP contribution in [0.3, 0.4) is 0 Å². The molecule has 2 rings (SSSR count). The predicted octanol–water partition coefficient (Wildman–Crippen LogP) is 3.65. The molecule has 4 nitrogen and oxygen atoms in total. The van der Waals surface area contributed by atoms with Gasteiger partial charge in [0.05, 0.1) is 5.39 Å². The van der Waals surface area contributed by atoms with E-state index in [1.54, 1.807) is 11.3 Å². The average molecular weight is 313 g/mol. The van der Waals surface area contributed by atoms with Crippen molar-refractivity contribution in [1.29, 1.82) is 0 Å². The van der Waals surface area contributed by atoms with Crippen LogP contribution in [0.25, 0.3) is 10.2 Å². The lowest BCUT2D eigenvalue weighted by Gasteiger charge is -2.26. The minimum absolute atomic E-state index is 0.300. The molecule has 2 aromatic rings. The Morgan fingerprint density at radius 2 is 2.05 bits per heavy atom. The Morgan fingerprint density at radius 1 is 1.35 bits per heavy atom. The van der Waals surface area contributed by atoms with Crippen LogP contribution in [0.5, 0.6) is 0 Å². The monoisotopic (exact) mass is 312 g/mol. The largest absolute Gasteiger partial charge is 0.365 e. The first-order chi connectivity index (χ1) is 9.36. The number of rotatable bonds is 5. The van der Waals surface area contributed by atoms with Crippen molar-refractivity contribution in [2.75, 3.05) is 26.0 Å². The van der Waals surface area contributed by atoms with Crippen LogP contribution >= 0.6 is 22.9 Å². The van der Waals surface area contributed by atoms with E-state index in [0.717, 1.165) is 22.6 Å². The van der Waals surface area contributed by atoms with Gasteiger partial charge >= 0.3 is 0 Å². The van der Waals surface area contributed by atoms with Crippen molar-refractivity contribution in [2.45, 2.75) is 26.8 Å². The number of aromatic nitrogens is 2. The number of anilines is 1. The number of halogens is 1. The topological polar surface area (TPSA) is 41.0 Å². The summed E-state index contributed by atoms with van der Waals surface area (Å²) in [5.74, 6) is 1.34. The van der Waals surface area contributed by atoms with Gasteiger partial charge in [0.2, 0.25) is 5.28 Å². The van der Waals surface area contributed by atoms with E-state index in [0.29, 0.717) is 17.2 Å². The second-order valence-corrected chi connectivity index (χ2v) is 7.25. The van der Waals surface area contributed by atoms with Gasteiger partial charge in [-0.3, -0.25) is 0 Å². The Balaban J connectivity index is 2.35. The Kier molecular flexibility index (Phi) is 4.83. The first kappa shape index (κ1) is 15.5. The van der Waals surface area contributed by atoms with Gasteiger partial charge in [-0.25, -0.2) is 9.97 Å². The number of thiophene rings is 1. The molecule has 20 heavy (non-hydrogen) atoms. The molecule has 0 amide bonds. The summed E-state index contributed by atoms with van der Waals surface area (Å²) in [5.41, 5.74) is 0. The summed E-state index contributed by atoms with van der Waals surface area (Å²) in [7, 11) is 4.16. The molecule has 2 aromatic heterocycles. The van der Waals surface area contributed by atoms with E-state index < -0.39 is 0 Å². The SMILES string of the molecule is Cc1cc2c(NC(CN(C)C)C(C)C)nc(Cl)nc2s1. The van der Waals surface area contributed by atoms with Gasteiger partial charge in [-0.2, -0.15) is 0 Å². The highest BCUT2D eigenvalue weighted by Gasteiger charge is 2.17. The van der Waals surface area contributed by atoms with Crippen LogP contribution in [0, 0.1) is 12.8 Å². The second-order valence-electron chi connectivity index (χ2n) is 5.67. The minimum Gasteiger partial charge on any atom is -0.365 e. The molecule has 0 radical (unpaired) electrons. The highest BCUT2D eigenvalue weighted by atomic mass is 35.5. The van der Waals surface area contributed by atoms with Crippen molar-refractivity contribution in [3.05, 3.63) is 16.2 Å². The molecular formula is C14H21ClN4S. The number of nitrogens with one attached hydrogen (secondary N) is 1. The molecule has 1 N–H and O–H groups in total. The Labute approximate surface area is 129 Å². The zero-order valence-corrected chi connectivity index (χ0v) is 14.1. The average Bonchev–Trinajstić information content (AvgIpc) is 2.67. The zero-order valence-electron chi connectivity index (χ0n) is 12.6. The molecule has 0 aromatic carbocycles. The summed E-state index contributed by atoms with van der Waals surface area (Å²) in [5, 5.41) is 4.89. The molecule has 0 aliphatic heterocycles. The normalized spacial score (nSPS) is 13.4. The summed E-state index contributed by atoms with van der Waals surface area (Å²) >= 11 is 7.68. The number of hydrogen-bond acceptors (Lipinski definition) is 5. The van der Waals surface area contributed by atoms with E-state index >= 15 is 0 Å². The van der Waals surface area contributed by atoms with Gasteiger partial charge in [-0.05, 0) is 44.6 Å². The second kappa shape index (κ2) is 6.24.